The van der Waals surface area contributed by atoms with Gasteiger partial charge in [0.1, 0.15) is 11.5 Å². The van der Waals surface area contributed by atoms with Crippen molar-refractivity contribution in [3.63, 3.8) is 0 Å². The lowest BCUT2D eigenvalue weighted by Gasteiger charge is -2.32. The summed E-state index contributed by atoms with van der Waals surface area (Å²) in [5, 5.41) is 47.9. The first-order chi connectivity index (χ1) is 19.0. The van der Waals surface area contributed by atoms with Gasteiger partial charge >= 0.3 is 0 Å². The molecule has 13 heteroatoms. The molecule has 0 bridgehead atoms. The summed E-state index contributed by atoms with van der Waals surface area (Å²) in [6.45, 7) is 6.37. The first kappa shape index (κ1) is 32.5. The van der Waals surface area contributed by atoms with Crippen LogP contribution >= 0.6 is 0 Å². The number of ether oxygens (including phenoxy) is 2. The molecule has 40 heavy (non-hydrogen) atoms. The molecule has 2 aromatic rings. The number of nitro benzene ring substituents is 2. The highest BCUT2D eigenvalue weighted by Gasteiger charge is 2.24. The van der Waals surface area contributed by atoms with Gasteiger partial charge in [-0.1, -0.05) is 0 Å². The van der Waals surface area contributed by atoms with Crippen LogP contribution in [0, 0.1) is 34.1 Å². The molecule has 0 unspecified atom stereocenters. The van der Waals surface area contributed by atoms with E-state index in [9.17, 15) is 30.4 Å². The van der Waals surface area contributed by atoms with Gasteiger partial charge in [-0.3, -0.25) is 20.2 Å². The SMILES string of the molecule is CO.COc1cc([N+](=O)[O-])c(C)cc1N1CCC(O)CC1.COc1cc([N+](=O)[O-])c(C)cc1N1CCC(O)CC1. The minimum atomic E-state index is -0.401. The Bertz CT molecular complexity index is 1060. The van der Waals surface area contributed by atoms with Crippen LogP contribution in [0.5, 0.6) is 11.5 Å². The number of anilines is 2. The van der Waals surface area contributed by atoms with E-state index in [1.54, 1.807) is 26.0 Å². The fourth-order valence-corrected chi connectivity index (χ4v) is 4.75. The van der Waals surface area contributed by atoms with E-state index in [4.69, 9.17) is 14.6 Å². The molecule has 2 heterocycles. The third-order valence-corrected chi connectivity index (χ3v) is 7.00. The maximum Gasteiger partial charge on any atom is 0.276 e. The number of aliphatic hydroxyl groups excluding tert-OH is 3. The molecule has 0 amide bonds. The Kier molecular flexibility index (Phi) is 12.4. The highest BCUT2D eigenvalue weighted by atomic mass is 16.6. The lowest BCUT2D eigenvalue weighted by atomic mass is 10.1. The normalized spacial score (nSPS) is 15.8. The molecule has 13 nitrogen and oxygen atoms in total. The van der Waals surface area contributed by atoms with Crippen LogP contribution in [0.15, 0.2) is 24.3 Å². The van der Waals surface area contributed by atoms with Gasteiger partial charge in [-0.25, -0.2) is 0 Å². The third-order valence-electron chi connectivity index (χ3n) is 7.00. The van der Waals surface area contributed by atoms with E-state index in [1.807, 2.05) is 0 Å². The average Bonchev–Trinajstić information content (AvgIpc) is 2.94. The molecule has 0 saturated carbocycles. The maximum atomic E-state index is 10.9. The van der Waals surface area contributed by atoms with E-state index in [2.05, 4.69) is 9.80 Å². The number of piperidine rings is 2. The Morgan fingerprint density at radius 1 is 0.700 bits per heavy atom. The largest absolute Gasteiger partial charge is 0.494 e. The molecule has 2 aromatic carbocycles. The van der Waals surface area contributed by atoms with Gasteiger partial charge < -0.3 is 34.6 Å². The van der Waals surface area contributed by atoms with Crippen LogP contribution in [0.25, 0.3) is 0 Å². The smallest absolute Gasteiger partial charge is 0.276 e. The van der Waals surface area contributed by atoms with E-state index in [1.165, 1.54) is 26.4 Å². The van der Waals surface area contributed by atoms with Crippen molar-refractivity contribution in [2.75, 3.05) is 57.3 Å². The molecular formula is C27H40N4O9. The maximum absolute atomic E-state index is 10.9. The van der Waals surface area contributed by atoms with Crippen LogP contribution < -0.4 is 19.3 Å². The zero-order valence-corrected chi connectivity index (χ0v) is 23.7. The van der Waals surface area contributed by atoms with E-state index >= 15 is 0 Å². The second-order valence-electron chi connectivity index (χ2n) is 9.57. The third kappa shape index (κ3) is 8.16. The van der Waals surface area contributed by atoms with E-state index in [0.717, 1.165) is 44.7 Å². The van der Waals surface area contributed by atoms with Crippen LogP contribution in [0.4, 0.5) is 22.7 Å². The summed E-state index contributed by atoms with van der Waals surface area (Å²) in [4.78, 5) is 25.2. The molecule has 0 spiro atoms. The molecule has 2 aliphatic heterocycles. The summed E-state index contributed by atoms with van der Waals surface area (Å²) in [7, 11) is 4.02. The standard InChI is InChI=1S/2C13H18N2O4.CH4O/c2*1-9-7-12(14-5-3-10(16)4-6-14)13(19-2)8-11(9)15(17)18;1-2/h2*7-8,10,16H,3-6H2,1-2H3;2H,1H3. The van der Waals surface area contributed by atoms with E-state index < -0.39 is 9.85 Å². The molecule has 0 aliphatic carbocycles. The second-order valence-corrected chi connectivity index (χ2v) is 9.57. The van der Waals surface area contributed by atoms with Crippen LogP contribution in [-0.2, 0) is 0 Å². The quantitative estimate of drug-likeness (QED) is 0.347. The molecule has 2 fully saturated rings. The summed E-state index contributed by atoms with van der Waals surface area (Å²) >= 11 is 0. The fraction of sp³-hybridized carbons (Fsp3) is 0.556. The van der Waals surface area contributed by atoms with Gasteiger partial charge in [0, 0.05) is 44.4 Å². The predicted molar refractivity (Wildman–Crippen MR) is 152 cm³/mol. The van der Waals surface area contributed by atoms with E-state index in [-0.39, 0.29) is 23.6 Å². The monoisotopic (exact) mass is 564 g/mol. The van der Waals surface area contributed by atoms with Gasteiger partial charge in [0.25, 0.3) is 11.4 Å². The van der Waals surface area contributed by atoms with Crippen molar-refractivity contribution in [3.8, 4) is 11.5 Å². The summed E-state index contributed by atoms with van der Waals surface area (Å²) in [5.41, 5.74) is 3.09. The van der Waals surface area contributed by atoms with Crippen molar-refractivity contribution < 1.29 is 34.6 Å². The van der Waals surface area contributed by atoms with E-state index in [0.29, 0.717) is 48.3 Å². The number of rotatable bonds is 6. The van der Waals surface area contributed by atoms with Gasteiger partial charge in [-0.05, 0) is 51.7 Å². The molecule has 0 atom stereocenters. The number of methoxy groups -OCH3 is 2. The molecule has 222 valence electrons. The van der Waals surface area contributed by atoms with Crippen LogP contribution in [0.3, 0.4) is 0 Å². The number of aliphatic hydroxyl groups is 3. The first-order valence-electron chi connectivity index (χ1n) is 13.0. The first-order valence-corrected chi connectivity index (χ1v) is 13.0. The average molecular weight is 565 g/mol. The van der Waals surface area contributed by atoms with Crippen LogP contribution in [-0.4, -0.2) is 84.9 Å². The highest BCUT2D eigenvalue weighted by molar-refractivity contribution is 5.66. The van der Waals surface area contributed by atoms with Crippen molar-refractivity contribution in [1.82, 2.24) is 0 Å². The zero-order valence-electron chi connectivity index (χ0n) is 23.7. The van der Waals surface area contributed by atoms with Crippen molar-refractivity contribution >= 4 is 22.7 Å². The van der Waals surface area contributed by atoms with Crippen LogP contribution in [0.2, 0.25) is 0 Å². The second kappa shape index (κ2) is 15.2. The Morgan fingerprint density at radius 2 is 1.00 bits per heavy atom. The summed E-state index contributed by atoms with van der Waals surface area (Å²) in [6.07, 6.45) is 2.33. The van der Waals surface area contributed by atoms with Gasteiger partial charge in [0.15, 0.2) is 0 Å². The number of hydrogen-bond donors (Lipinski definition) is 3. The van der Waals surface area contributed by atoms with Gasteiger partial charge in [0.2, 0.25) is 0 Å². The predicted octanol–water partition coefficient (Wildman–Crippen LogP) is 3.35. The van der Waals surface area contributed by atoms with Crippen LogP contribution in [0.1, 0.15) is 36.8 Å². The summed E-state index contributed by atoms with van der Waals surface area (Å²) in [5.74, 6) is 1.02. The molecule has 2 saturated heterocycles. The van der Waals surface area contributed by atoms with Crippen molar-refractivity contribution in [2.24, 2.45) is 0 Å². The van der Waals surface area contributed by atoms with Crippen molar-refractivity contribution in [2.45, 2.75) is 51.7 Å². The lowest BCUT2D eigenvalue weighted by Crippen LogP contribution is -2.36. The number of hydrogen-bond acceptors (Lipinski definition) is 11. The Hall–Kier alpha value is -3.68. The Balaban J connectivity index is 0.000000264. The fourth-order valence-electron chi connectivity index (χ4n) is 4.75. The number of nitro groups is 2. The molecule has 2 aliphatic rings. The highest BCUT2D eigenvalue weighted by Crippen LogP contribution is 2.37. The topological polar surface area (TPSA) is 172 Å². The summed E-state index contributed by atoms with van der Waals surface area (Å²) < 4.78 is 10.5. The Labute approximate surface area is 233 Å². The molecule has 0 aromatic heterocycles. The van der Waals surface area contributed by atoms with Gasteiger partial charge in [-0.2, -0.15) is 0 Å². The minimum absolute atomic E-state index is 0.0673. The van der Waals surface area contributed by atoms with Crippen molar-refractivity contribution in [1.29, 1.82) is 0 Å². The van der Waals surface area contributed by atoms with Gasteiger partial charge in [-0.15, -0.1) is 0 Å². The minimum Gasteiger partial charge on any atom is -0.494 e. The molecule has 3 N–H and O–H groups in total. The summed E-state index contributed by atoms with van der Waals surface area (Å²) in [6, 6.07) is 6.51. The molecular weight excluding hydrogens is 524 g/mol. The van der Waals surface area contributed by atoms with Gasteiger partial charge in [0.05, 0.1) is 59.8 Å². The number of benzene rings is 2. The lowest BCUT2D eigenvalue weighted by molar-refractivity contribution is -0.385. The Morgan fingerprint density at radius 3 is 1.25 bits per heavy atom. The molecule has 4 rings (SSSR count). The van der Waals surface area contributed by atoms with Crippen molar-refractivity contribution in [3.05, 3.63) is 55.6 Å². The number of aryl methyl sites for hydroxylation is 2. The number of nitrogens with zero attached hydrogens (tertiary/aromatic N) is 4. The zero-order chi connectivity index (χ0) is 30.0. The molecule has 0 radical (unpaired) electrons.